The minimum Gasteiger partial charge on any atom is -0.495 e. The Kier molecular flexibility index (Phi) is 11.2. The highest BCUT2D eigenvalue weighted by Gasteiger charge is 2.61. The van der Waals surface area contributed by atoms with E-state index in [0.29, 0.717) is 39.7 Å². The number of hydrogen-bond donors (Lipinski definition) is 3. The van der Waals surface area contributed by atoms with Crippen LogP contribution in [-0.4, -0.2) is 89.0 Å². The number of fused-ring (bicyclic) bond motifs is 3. The Balaban J connectivity index is 1.28. The van der Waals surface area contributed by atoms with Crippen molar-refractivity contribution in [1.29, 1.82) is 0 Å². The van der Waals surface area contributed by atoms with Crippen LogP contribution in [0.15, 0.2) is 34.8 Å². The number of carboxylic acid groups (broad SMARTS) is 1. The number of carbonyl (C=O) groups excluding carboxylic acids is 3. The number of hydrogen-bond acceptors (Lipinski definition) is 9. The zero-order valence-corrected chi connectivity index (χ0v) is 30.1. The molecule has 0 bridgehead atoms. The van der Waals surface area contributed by atoms with Crippen LogP contribution in [0, 0.1) is 18.3 Å². The number of nitrogens with one attached hydrogen (secondary N) is 2. The summed E-state index contributed by atoms with van der Waals surface area (Å²) in [6.45, 7) is 0.0135. The molecule has 13 nitrogen and oxygen atoms in total. The summed E-state index contributed by atoms with van der Waals surface area (Å²) < 4.78 is 23.8. The van der Waals surface area contributed by atoms with Gasteiger partial charge < -0.3 is 39.6 Å². The zero-order chi connectivity index (χ0) is 36.1. The average molecular weight is 768 g/mol. The van der Waals surface area contributed by atoms with Gasteiger partial charge in [0.2, 0.25) is 17.7 Å². The molecule has 2 aliphatic heterocycles. The van der Waals surface area contributed by atoms with Crippen LogP contribution in [0.1, 0.15) is 70.6 Å². The van der Waals surface area contributed by atoms with Crippen molar-refractivity contribution in [2.45, 2.75) is 100 Å². The van der Waals surface area contributed by atoms with E-state index in [1.165, 1.54) is 12.0 Å². The first kappa shape index (κ1) is 36.3. The number of methoxy groups -OCH3 is 1. The molecule has 2 aliphatic carbocycles. The molecule has 3 N–H and O–H groups in total. The number of alkyl carbamates (subject to hydrolysis) is 1. The number of rotatable bonds is 8. The summed E-state index contributed by atoms with van der Waals surface area (Å²) in [7, 11) is 1.54. The highest BCUT2D eigenvalue weighted by atomic mass is 79.9. The lowest BCUT2D eigenvalue weighted by Gasteiger charge is -2.27. The van der Waals surface area contributed by atoms with Crippen molar-refractivity contribution in [3.63, 3.8) is 0 Å². The Morgan fingerprint density at radius 2 is 1.94 bits per heavy atom. The third-order valence-electron chi connectivity index (χ3n) is 10.1. The lowest BCUT2D eigenvalue weighted by atomic mass is 10.0. The Hall–Kier alpha value is -4.51. The molecule has 3 fully saturated rings. The topological polar surface area (TPSA) is 166 Å². The highest BCUT2D eigenvalue weighted by molar-refractivity contribution is 9.10. The molecule has 3 amide bonds. The van der Waals surface area contributed by atoms with Crippen LogP contribution >= 0.6 is 15.9 Å². The van der Waals surface area contributed by atoms with Crippen LogP contribution < -0.4 is 24.8 Å². The largest absolute Gasteiger partial charge is 0.495 e. The molecule has 0 radical (unpaired) electrons. The molecule has 51 heavy (non-hydrogen) atoms. The van der Waals surface area contributed by atoms with Gasteiger partial charge in [0.1, 0.15) is 35.3 Å². The van der Waals surface area contributed by atoms with Crippen molar-refractivity contribution < 1.29 is 43.2 Å². The molecule has 1 saturated heterocycles. The molecule has 1 aromatic carbocycles. The fourth-order valence-corrected chi connectivity index (χ4v) is 7.91. The molecule has 4 aliphatic rings. The molecule has 5 atom stereocenters. The van der Waals surface area contributed by atoms with E-state index in [2.05, 4.69) is 37.5 Å². The number of ether oxygens (including phenoxy) is 4. The van der Waals surface area contributed by atoms with Gasteiger partial charge in [-0.15, -0.1) is 6.42 Å². The fraction of sp³-hybridized carbons (Fsp3) is 0.541. The Morgan fingerprint density at radius 1 is 1.16 bits per heavy atom. The number of halogens is 1. The first-order valence-corrected chi connectivity index (χ1v) is 18.3. The van der Waals surface area contributed by atoms with Crippen molar-refractivity contribution >= 4 is 50.7 Å². The third kappa shape index (κ3) is 8.19. The van der Waals surface area contributed by atoms with E-state index < -0.39 is 41.7 Å². The van der Waals surface area contributed by atoms with Gasteiger partial charge in [-0.2, -0.15) is 0 Å². The number of terminal acetylenes is 1. The summed E-state index contributed by atoms with van der Waals surface area (Å²) in [6.07, 6.45) is 14.6. The standard InChI is InChI=1S/C37H43BrN4O9/c1-3-16-49-30-19-29(26-14-15-28(48-2)32(38)33(26)40-30)50-25-18-27-34(44)41-37(35(45)46)20-22(37)10-6-4-5-7-11-23(17-31(43)42(27)21-25)39-36(47)51-24-12-8-9-13-24/h1,6,10,14-15,19,22-25,27H,4-5,7-9,11-13,16-18,20-21H2,2H3,(H,39,47)(H,41,44)(H,45,46)/b10-6-/t22-,23+,25-,27+,37-/m1/s1. The molecular weight excluding hydrogens is 724 g/mol. The zero-order valence-electron chi connectivity index (χ0n) is 28.5. The Labute approximate surface area is 304 Å². The van der Waals surface area contributed by atoms with E-state index in [9.17, 15) is 24.3 Å². The summed E-state index contributed by atoms with van der Waals surface area (Å²) in [5, 5.41) is 16.5. The first-order valence-electron chi connectivity index (χ1n) is 17.5. The highest BCUT2D eigenvalue weighted by Crippen LogP contribution is 2.46. The predicted octanol–water partition coefficient (Wildman–Crippen LogP) is 4.88. The molecular formula is C37H43BrN4O9. The molecule has 3 heterocycles. The van der Waals surface area contributed by atoms with Crippen LogP contribution in [-0.2, 0) is 19.1 Å². The van der Waals surface area contributed by atoms with E-state index >= 15 is 0 Å². The molecule has 6 rings (SSSR count). The number of allylic oxidation sites excluding steroid dienone is 1. The molecule has 0 spiro atoms. The van der Waals surface area contributed by atoms with Gasteiger partial charge >= 0.3 is 12.1 Å². The van der Waals surface area contributed by atoms with Gasteiger partial charge in [0.15, 0.2) is 6.61 Å². The second-order valence-corrected chi connectivity index (χ2v) is 14.4. The summed E-state index contributed by atoms with van der Waals surface area (Å²) in [5.74, 6) is 1.15. The average Bonchev–Trinajstić information content (AvgIpc) is 3.38. The number of carboxylic acids is 1. The number of aliphatic carboxylic acids is 1. The van der Waals surface area contributed by atoms with Crippen LogP contribution in [0.5, 0.6) is 17.4 Å². The van der Waals surface area contributed by atoms with Crippen molar-refractivity contribution in [1.82, 2.24) is 20.5 Å². The van der Waals surface area contributed by atoms with Gasteiger partial charge in [-0.3, -0.25) is 9.59 Å². The summed E-state index contributed by atoms with van der Waals surface area (Å²) in [5.41, 5.74) is -0.944. The summed E-state index contributed by atoms with van der Waals surface area (Å²) in [4.78, 5) is 59.4. The van der Waals surface area contributed by atoms with Crippen molar-refractivity contribution in [3.8, 4) is 29.7 Å². The number of carbonyl (C=O) groups is 4. The van der Waals surface area contributed by atoms with E-state index in [4.69, 9.17) is 25.4 Å². The number of nitrogens with zero attached hydrogens (tertiary/aromatic N) is 2. The van der Waals surface area contributed by atoms with Gasteiger partial charge in [-0.05, 0) is 79.4 Å². The maximum absolute atomic E-state index is 14.1. The Bertz CT molecular complexity index is 1740. The van der Waals surface area contributed by atoms with Crippen LogP contribution in [0.2, 0.25) is 0 Å². The van der Waals surface area contributed by atoms with E-state index in [-0.39, 0.29) is 56.2 Å². The van der Waals surface area contributed by atoms with Gasteiger partial charge in [0, 0.05) is 36.3 Å². The Morgan fingerprint density at radius 3 is 2.69 bits per heavy atom. The van der Waals surface area contributed by atoms with Gasteiger partial charge in [0.05, 0.1) is 23.6 Å². The van der Waals surface area contributed by atoms with Crippen LogP contribution in [0.4, 0.5) is 4.79 Å². The van der Waals surface area contributed by atoms with Crippen molar-refractivity contribution in [2.75, 3.05) is 20.3 Å². The van der Waals surface area contributed by atoms with Crippen molar-refractivity contribution in [3.05, 3.63) is 34.8 Å². The maximum atomic E-state index is 14.1. The molecule has 272 valence electrons. The van der Waals surface area contributed by atoms with Crippen molar-refractivity contribution in [2.24, 2.45) is 5.92 Å². The lowest BCUT2D eigenvalue weighted by Crippen LogP contribution is -2.53. The summed E-state index contributed by atoms with van der Waals surface area (Å²) in [6, 6.07) is 3.62. The fourth-order valence-electron chi connectivity index (χ4n) is 7.31. The number of amides is 3. The minimum atomic E-state index is -1.44. The molecule has 2 saturated carbocycles. The van der Waals surface area contributed by atoms with E-state index in [1.807, 2.05) is 12.2 Å². The number of aromatic nitrogens is 1. The first-order chi connectivity index (χ1) is 24.6. The van der Waals surface area contributed by atoms with Gasteiger partial charge in [-0.25, -0.2) is 14.6 Å². The second kappa shape index (κ2) is 15.8. The predicted molar refractivity (Wildman–Crippen MR) is 189 cm³/mol. The second-order valence-electron chi connectivity index (χ2n) is 13.6. The minimum absolute atomic E-state index is 0.0294. The number of pyridine rings is 1. The van der Waals surface area contributed by atoms with Crippen LogP contribution in [0.25, 0.3) is 10.9 Å². The van der Waals surface area contributed by atoms with Crippen LogP contribution in [0.3, 0.4) is 0 Å². The molecule has 14 heteroatoms. The van der Waals surface area contributed by atoms with Gasteiger partial charge in [-0.1, -0.05) is 24.5 Å². The maximum Gasteiger partial charge on any atom is 0.407 e. The molecule has 2 aromatic rings. The monoisotopic (exact) mass is 766 g/mol. The third-order valence-corrected chi connectivity index (χ3v) is 10.9. The summed E-state index contributed by atoms with van der Waals surface area (Å²) >= 11 is 3.55. The van der Waals surface area contributed by atoms with Gasteiger partial charge in [0.25, 0.3) is 0 Å². The SMILES string of the molecule is C#CCOc1cc(O[C@@H]2C[C@H]3C(=O)N[C@]4(C(=O)O)C[C@H]4/C=C\CCCC[C@H](NC(=O)OC4CCCC4)CC(=O)N3C2)c2ccc(OC)c(Br)c2n1. The molecule has 0 unspecified atom stereocenters. The smallest absolute Gasteiger partial charge is 0.407 e. The quantitative estimate of drug-likeness (QED) is 0.249. The molecule has 1 aromatic heterocycles. The normalized spacial score (nSPS) is 27.5. The number of benzene rings is 1. The lowest BCUT2D eigenvalue weighted by molar-refractivity contribution is -0.145. The van der Waals surface area contributed by atoms with E-state index in [0.717, 1.165) is 38.5 Å². The van der Waals surface area contributed by atoms with E-state index in [1.54, 1.807) is 18.2 Å².